The molecular weight excluding hydrogens is 265 g/mol. The maximum Gasteiger partial charge on any atom is 0.220 e. The van der Waals surface area contributed by atoms with Crippen molar-refractivity contribution in [2.24, 2.45) is 0 Å². The minimum Gasteiger partial charge on any atom is -0.352 e. The molecule has 0 saturated carbocycles. The van der Waals surface area contributed by atoms with Crippen LogP contribution in [0.25, 0.3) is 0 Å². The normalized spacial score (nSPS) is 10.3. The second kappa shape index (κ2) is 8.20. The minimum atomic E-state index is -0.276. The molecule has 110 valence electrons. The van der Waals surface area contributed by atoms with Gasteiger partial charge in [-0.15, -0.1) is 0 Å². The van der Waals surface area contributed by atoms with Crippen LogP contribution in [0.15, 0.2) is 54.6 Å². The van der Waals surface area contributed by atoms with Crippen molar-refractivity contribution in [1.29, 1.82) is 0 Å². The van der Waals surface area contributed by atoms with Crippen LogP contribution in [0.2, 0.25) is 0 Å². The van der Waals surface area contributed by atoms with Crippen molar-refractivity contribution < 1.29 is 9.18 Å². The Balaban J connectivity index is 1.63. The van der Waals surface area contributed by atoms with Crippen LogP contribution in [-0.2, 0) is 17.8 Å². The predicted molar refractivity (Wildman–Crippen MR) is 82.2 cm³/mol. The third kappa shape index (κ3) is 5.38. The molecule has 0 atom stereocenters. The summed E-state index contributed by atoms with van der Waals surface area (Å²) in [6.07, 6.45) is 3.30. The number of hydrogen-bond acceptors (Lipinski definition) is 1. The van der Waals surface area contributed by atoms with E-state index in [1.54, 1.807) is 18.2 Å². The summed E-state index contributed by atoms with van der Waals surface area (Å²) in [5.74, 6) is -0.298. The average Bonchev–Trinajstić information content (AvgIpc) is 2.52. The second-order valence-electron chi connectivity index (χ2n) is 5.06. The summed E-state index contributed by atoms with van der Waals surface area (Å²) in [4.78, 5) is 11.7. The molecule has 0 unspecified atom stereocenters. The Morgan fingerprint density at radius 2 is 1.67 bits per heavy atom. The smallest absolute Gasteiger partial charge is 0.220 e. The lowest BCUT2D eigenvalue weighted by Crippen LogP contribution is -2.22. The fraction of sp³-hybridized carbons (Fsp3) is 0.278. The highest BCUT2D eigenvalue weighted by Crippen LogP contribution is 2.07. The molecule has 0 aliphatic rings. The van der Waals surface area contributed by atoms with Crippen molar-refractivity contribution in [2.75, 3.05) is 0 Å². The van der Waals surface area contributed by atoms with Crippen molar-refractivity contribution in [3.63, 3.8) is 0 Å². The topological polar surface area (TPSA) is 29.1 Å². The Morgan fingerprint density at radius 3 is 2.43 bits per heavy atom. The zero-order valence-electron chi connectivity index (χ0n) is 12.0. The number of rotatable bonds is 7. The van der Waals surface area contributed by atoms with Crippen LogP contribution in [-0.4, -0.2) is 5.91 Å². The molecule has 1 amide bonds. The molecule has 0 saturated heterocycles. The third-order valence-electron chi connectivity index (χ3n) is 3.40. The van der Waals surface area contributed by atoms with Crippen molar-refractivity contribution in [3.05, 3.63) is 71.5 Å². The van der Waals surface area contributed by atoms with Gasteiger partial charge in [0.2, 0.25) is 5.91 Å². The van der Waals surface area contributed by atoms with E-state index in [0.717, 1.165) is 19.3 Å². The number of benzene rings is 2. The summed E-state index contributed by atoms with van der Waals surface area (Å²) >= 11 is 0. The lowest BCUT2D eigenvalue weighted by atomic mass is 10.1. The maximum atomic E-state index is 13.4. The van der Waals surface area contributed by atoms with E-state index in [9.17, 15) is 9.18 Å². The summed E-state index contributed by atoms with van der Waals surface area (Å²) < 4.78 is 13.4. The van der Waals surface area contributed by atoms with E-state index in [0.29, 0.717) is 12.0 Å². The Morgan fingerprint density at radius 1 is 0.952 bits per heavy atom. The molecule has 0 aliphatic carbocycles. The van der Waals surface area contributed by atoms with Crippen LogP contribution < -0.4 is 5.32 Å². The molecule has 0 bridgehead atoms. The first kappa shape index (κ1) is 15.2. The molecule has 0 fully saturated rings. The molecule has 21 heavy (non-hydrogen) atoms. The molecular formula is C18H20FNO. The molecule has 1 N–H and O–H groups in total. The van der Waals surface area contributed by atoms with Gasteiger partial charge in [0.15, 0.2) is 0 Å². The van der Waals surface area contributed by atoms with Gasteiger partial charge in [-0.3, -0.25) is 4.79 Å². The maximum absolute atomic E-state index is 13.4. The quantitative estimate of drug-likeness (QED) is 0.769. The van der Waals surface area contributed by atoms with Gasteiger partial charge in [0.1, 0.15) is 5.82 Å². The first-order chi connectivity index (χ1) is 10.3. The van der Waals surface area contributed by atoms with Crippen molar-refractivity contribution in [1.82, 2.24) is 5.32 Å². The molecule has 0 spiro atoms. The van der Waals surface area contributed by atoms with Crippen LogP contribution in [0.1, 0.15) is 30.4 Å². The van der Waals surface area contributed by atoms with Gasteiger partial charge in [-0.2, -0.15) is 0 Å². The Kier molecular flexibility index (Phi) is 5.95. The Bertz CT molecular complexity index is 568. The van der Waals surface area contributed by atoms with E-state index in [-0.39, 0.29) is 18.3 Å². The lowest BCUT2D eigenvalue weighted by Gasteiger charge is -2.06. The first-order valence-electron chi connectivity index (χ1n) is 7.30. The molecule has 0 aromatic heterocycles. The Labute approximate surface area is 125 Å². The number of hydrogen-bond donors (Lipinski definition) is 1. The van der Waals surface area contributed by atoms with E-state index in [1.165, 1.54) is 11.6 Å². The van der Waals surface area contributed by atoms with Gasteiger partial charge in [0, 0.05) is 18.5 Å². The zero-order valence-corrected chi connectivity index (χ0v) is 12.0. The predicted octanol–water partition coefficient (Wildman–Crippen LogP) is 3.85. The number of nitrogens with one attached hydrogen (secondary N) is 1. The highest BCUT2D eigenvalue weighted by atomic mass is 19.1. The van der Waals surface area contributed by atoms with Gasteiger partial charge in [0.05, 0.1) is 0 Å². The van der Waals surface area contributed by atoms with Crippen LogP contribution in [0.3, 0.4) is 0 Å². The highest BCUT2D eigenvalue weighted by molar-refractivity contribution is 5.75. The molecule has 0 radical (unpaired) electrons. The third-order valence-corrected chi connectivity index (χ3v) is 3.40. The van der Waals surface area contributed by atoms with Gasteiger partial charge in [0.25, 0.3) is 0 Å². The van der Waals surface area contributed by atoms with E-state index >= 15 is 0 Å². The number of halogens is 1. The van der Waals surface area contributed by atoms with E-state index in [4.69, 9.17) is 0 Å². The molecule has 2 nitrogen and oxygen atoms in total. The standard InChI is InChI=1S/C18H20FNO/c19-17-12-6-5-11-16(17)14-20-18(21)13-7-4-10-15-8-2-1-3-9-15/h1-3,5-6,8-9,11-12H,4,7,10,13-14H2,(H,20,21). The summed E-state index contributed by atoms with van der Waals surface area (Å²) in [6.45, 7) is 0.254. The molecule has 0 heterocycles. The van der Waals surface area contributed by atoms with Gasteiger partial charge >= 0.3 is 0 Å². The number of carbonyl (C=O) groups excluding carboxylic acids is 1. The molecule has 0 aliphatic heterocycles. The second-order valence-corrected chi connectivity index (χ2v) is 5.06. The molecule has 2 aromatic rings. The lowest BCUT2D eigenvalue weighted by molar-refractivity contribution is -0.121. The van der Waals surface area contributed by atoms with Gasteiger partial charge in [-0.05, 0) is 30.9 Å². The molecule has 3 heteroatoms. The summed E-state index contributed by atoms with van der Waals surface area (Å²) in [7, 11) is 0. The van der Waals surface area contributed by atoms with Crippen LogP contribution in [0, 0.1) is 5.82 Å². The van der Waals surface area contributed by atoms with Crippen LogP contribution in [0.5, 0.6) is 0 Å². The van der Waals surface area contributed by atoms with Crippen molar-refractivity contribution in [3.8, 4) is 0 Å². The van der Waals surface area contributed by atoms with E-state index in [1.807, 2.05) is 18.2 Å². The van der Waals surface area contributed by atoms with Gasteiger partial charge in [-0.25, -0.2) is 4.39 Å². The SMILES string of the molecule is O=C(CCCCc1ccccc1)NCc1ccccc1F. The number of unbranched alkanes of at least 4 members (excludes halogenated alkanes) is 1. The van der Waals surface area contributed by atoms with E-state index in [2.05, 4.69) is 17.4 Å². The first-order valence-corrected chi connectivity index (χ1v) is 7.30. The largest absolute Gasteiger partial charge is 0.352 e. The number of carbonyl (C=O) groups is 1. The fourth-order valence-corrected chi connectivity index (χ4v) is 2.18. The van der Waals surface area contributed by atoms with Crippen molar-refractivity contribution in [2.45, 2.75) is 32.2 Å². The van der Waals surface area contributed by atoms with Gasteiger partial charge in [-0.1, -0.05) is 48.5 Å². The zero-order chi connectivity index (χ0) is 14.9. The monoisotopic (exact) mass is 285 g/mol. The van der Waals surface area contributed by atoms with Crippen LogP contribution >= 0.6 is 0 Å². The van der Waals surface area contributed by atoms with E-state index < -0.39 is 0 Å². The minimum absolute atomic E-state index is 0.0219. The van der Waals surface area contributed by atoms with Crippen molar-refractivity contribution >= 4 is 5.91 Å². The number of amides is 1. The molecule has 2 rings (SSSR count). The Hall–Kier alpha value is -2.16. The molecule has 2 aromatic carbocycles. The summed E-state index contributed by atoms with van der Waals surface area (Å²) in [5.41, 5.74) is 1.82. The summed E-state index contributed by atoms with van der Waals surface area (Å²) in [5, 5.41) is 2.76. The average molecular weight is 285 g/mol. The summed E-state index contributed by atoms with van der Waals surface area (Å²) in [6, 6.07) is 16.7. The van der Waals surface area contributed by atoms with Crippen LogP contribution in [0.4, 0.5) is 4.39 Å². The highest BCUT2D eigenvalue weighted by Gasteiger charge is 2.04. The number of aryl methyl sites for hydroxylation is 1. The fourth-order valence-electron chi connectivity index (χ4n) is 2.18. The van der Waals surface area contributed by atoms with Gasteiger partial charge < -0.3 is 5.32 Å².